The van der Waals surface area contributed by atoms with E-state index in [4.69, 9.17) is 0 Å². The summed E-state index contributed by atoms with van der Waals surface area (Å²) in [5.74, 6) is 0. The number of hydrogen-bond acceptors (Lipinski definition) is 0. The molecule has 0 amide bonds. The molecule has 8 heteroatoms. The van der Waals surface area contributed by atoms with E-state index in [0.717, 1.165) is 0 Å². The normalized spacial score (nSPS) is 12.1. The molecule has 0 radical (unpaired) electrons. The first-order valence-corrected chi connectivity index (χ1v) is 29.6. The van der Waals surface area contributed by atoms with E-state index in [1.54, 1.807) is 20.7 Å². The Morgan fingerprint density at radius 3 is 0.652 bits per heavy atom. The molecule has 0 saturated carbocycles. The molecule has 0 aromatic heterocycles. The topological polar surface area (TPSA) is 0 Å². The van der Waals surface area contributed by atoms with Crippen LogP contribution in [0.5, 0.6) is 0 Å². The van der Waals surface area contributed by atoms with E-state index < -0.39 is 32.3 Å². The van der Waals surface area contributed by atoms with Crippen LogP contribution in [-0.4, -0.2) is 32.3 Å². The van der Waals surface area contributed by atoms with Gasteiger partial charge in [-0.2, -0.15) is 0 Å². The molecule has 6 rings (SSSR count). The zero-order valence-corrected chi connectivity index (χ0v) is 40.3. The van der Waals surface area contributed by atoms with E-state index in [0.29, 0.717) is 0 Å². The van der Waals surface area contributed by atoms with Crippen molar-refractivity contribution in [2.75, 3.05) is 0 Å². The van der Waals surface area contributed by atoms with Crippen LogP contribution < -0.4 is 45.6 Å². The zero-order chi connectivity index (χ0) is 30.8. The van der Waals surface area contributed by atoms with Crippen molar-refractivity contribution in [3.8, 4) is 0 Å². The molecule has 0 N–H and O–H groups in total. The van der Waals surface area contributed by atoms with Gasteiger partial charge in [-0.1, -0.05) is 148 Å². The second kappa shape index (κ2) is 15.8. The van der Waals surface area contributed by atoms with E-state index in [1.165, 1.54) is 43.1 Å². The second-order valence-corrected chi connectivity index (χ2v) is 36.8. The van der Waals surface area contributed by atoms with Gasteiger partial charge in [-0.25, -0.2) is 0 Å². The molecule has 0 spiro atoms. The number of benzene rings is 4. The molecular weight excluding hydrogens is 822 g/mol. The molecule has 6 aromatic rings. The average Bonchev–Trinajstić information content (AvgIpc) is 3.43. The molecule has 0 bridgehead atoms. The van der Waals surface area contributed by atoms with Gasteiger partial charge in [0, 0.05) is 0 Å². The minimum atomic E-state index is -1.23. The van der Waals surface area contributed by atoms with Crippen molar-refractivity contribution in [1.82, 2.24) is 0 Å². The van der Waals surface area contributed by atoms with Crippen LogP contribution in [0.3, 0.4) is 0 Å². The van der Waals surface area contributed by atoms with Gasteiger partial charge in [-0.15, -0.1) is 79.5 Å². The predicted molar refractivity (Wildman–Crippen MR) is 206 cm³/mol. The summed E-state index contributed by atoms with van der Waals surface area (Å²) in [5, 5.41) is 17.5. The van der Waals surface area contributed by atoms with E-state index in [9.17, 15) is 0 Å². The van der Waals surface area contributed by atoms with Crippen LogP contribution in [-0.2, 0) is 52.4 Å². The molecule has 6 aromatic carbocycles. The molecule has 0 heterocycles. The molecule has 0 saturated heterocycles. The fourth-order valence-corrected chi connectivity index (χ4v) is 10.6. The molecule has 240 valence electrons. The zero-order valence-electron chi connectivity index (χ0n) is 29.8. The van der Waals surface area contributed by atoms with Gasteiger partial charge < -0.3 is 24.8 Å². The summed E-state index contributed by atoms with van der Waals surface area (Å²) in [6.45, 7) is 29.0. The fraction of sp³-hybridized carbons (Fsp3) is 0.316. The van der Waals surface area contributed by atoms with Crippen molar-refractivity contribution in [2.24, 2.45) is 0 Å². The van der Waals surface area contributed by atoms with Crippen molar-refractivity contribution in [1.29, 1.82) is 0 Å². The minimum Gasteiger partial charge on any atom is -1.00 e. The van der Waals surface area contributed by atoms with Crippen LogP contribution in [0.2, 0.25) is 78.6 Å². The van der Waals surface area contributed by atoms with E-state index in [1.807, 2.05) is 0 Å². The Kier molecular flexibility index (Phi) is 15.1. The van der Waals surface area contributed by atoms with Gasteiger partial charge in [-0.05, 0) is 0 Å². The van der Waals surface area contributed by atoms with E-state index in [-0.39, 0.29) is 77.2 Å². The summed E-state index contributed by atoms with van der Waals surface area (Å²) in [7, 11) is -4.93. The predicted octanol–water partition coefficient (Wildman–Crippen LogP) is 3.61. The standard InChI is InChI=1S/2C19H25Si2.2ClH.2Zr/c2*1-20(2,3)16-7-9-18-14(12-16)11-15-13-17(21(4,5)6)8-10-19(15)18;;;;/h2*7-13H,1-6H3;2*1H;;/q2*-1;;;2*+2/p-2. The van der Waals surface area contributed by atoms with Crippen molar-refractivity contribution < 1.29 is 77.2 Å². The summed E-state index contributed by atoms with van der Waals surface area (Å²) < 4.78 is 0. The first-order valence-electron chi connectivity index (χ1n) is 15.6. The van der Waals surface area contributed by atoms with Gasteiger partial charge in [0.05, 0.1) is 32.3 Å². The quantitative estimate of drug-likeness (QED) is 0.188. The number of rotatable bonds is 4. The molecule has 0 aliphatic rings. The molecule has 0 unspecified atom stereocenters. The van der Waals surface area contributed by atoms with Crippen molar-refractivity contribution >= 4 is 96.1 Å². The maximum atomic E-state index is 2.43. The van der Waals surface area contributed by atoms with Crippen LogP contribution in [0.1, 0.15) is 0 Å². The first kappa shape index (κ1) is 43.9. The van der Waals surface area contributed by atoms with Crippen LogP contribution in [0.4, 0.5) is 0 Å². The van der Waals surface area contributed by atoms with E-state index in [2.05, 4.69) is 163 Å². The summed E-state index contributed by atoms with van der Waals surface area (Å²) in [6.07, 6.45) is 0. The Bertz CT molecular complexity index is 1650. The third kappa shape index (κ3) is 9.54. The van der Waals surface area contributed by atoms with Gasteiger partial charge in [0.1, 0.15) is 0 Å². The Morgan fingerprint density at radius 2 is 0.500 bits per heavy atom. The van der Waals surface area contributed by atoms with Gasteiger partial charge in [0.2, 0.25) is 0 Å². The van der Waals surface area contributed by atoms with Crippen molar-refractivity contribution in [3.63, 3.8) is 0 Å². The van der Waals surface area contributed by atoms with Crippen LogP contribution in [0.15, 0.2) is 84.9 Å². The molecular formula is C38H50Cl2Si4Zr2. The number of halogens is 2. The Labute approximate surface area is 333 Å². The smallest absolute Gasteiger partial charge is 1.00 e. The maximum absolute atomic E-state index is 2.43. The Morgan fingerprint density at radius 1 is 0.326 bits per heavy atom. The van der Waals surface area contributed by atoms with Crippen molar-refractivity contribution in [3.05, 3.63) is 84.9 Å². The van der Waals surface area contributed by atoms with E-state index >= 15 is 0 Å². The molecule has 0 atom stereocenters. The molecule has 46 heavy (non-hydrogen) atoms. The Balaban J connectivity index is 0.000000423. The van der Waals surface area contributed by atoms with Crippen LogP contribution in [0.25, 0.3) is 43.1 Å². The molecule has 0 aliphatic heterocycles. The van der Waals surface area contributed by atoms with Crippen LogP contribution >= 0.6 is 0 Å². The fourth-order valence-electron chi connectivity index (χ4n) is 5.91. The first-order chi connectivity index (χ1) is 19.3. The summed E-state index contributed by atoms with van der Waals surface area (Å²) >= 11 is 0. The van der Waals surface area contributed by atoms with Gasteiger partial charge in [-0.3, -0.25) is 0 Å². The number of fused-ring (bicyclic) bond motifs is 6. The molecule has 0 fully saturated rings. The molecule has 0 aliphatic carbocycles. The summed E-state index contributed by atoms with van der Waals surface area (Å²) in [5.41, 5.74) is 0. The average molecular weight is 873 g/mol. The minimum absolute atomic E-state index is 0. The summed E-state index contributed by atoms with van der Waals surface area (Å²) in [4.78, 5) is 0. The Hall–Kier alpha value is -0.166. The van der Waals surface area contributed by atoms with Crippen LogP contribution in [0, 0.1) is 0 Å². The number of hydrogen-bond donors (Lipinski definition) is 0. The third-order valence-electron chi connectivity index (χ3n) is 8.87. The second-order valence-electron chi connectivity index (χ2n) is 16.5. The van der Waals surface area contributed by atoms with Gasteiger partial charge in [0.25, 0.3) is 0 Å². The van der Waals surface area contributed by atoms with Crippen molar-refractivity contribution in [2.45, 2.75) is 78.6 Å². The van der Waals surface area contributed by atoms with Gasteiger partial charge >= 0.3 is 52.4 Å². The third-order valence-corrected chi connectivity index (χ3v) is 17.0. The molecule has 0 nitrogen and oxygen atoms in total. The summed E-state index contributed by atoms with van der Waals surface area (Å²) in [6, 6.07) is 33.2. The maximum Gasteiger partial charge on any atom is 2.00 e. The monoisotopic (exact) mass is 868 g/mol. The van der Waals surface area contributed by atoms with Gasteiger partial charge in [0.15, 0.2) is 0 Å². The largest absolute Gasteiger partial charge is 2.00 e. The SMILES string of the molecule is C[Si](C)(C)c1ccc2c(c1)[cH-]c1cc([Si](C)(C)C)ccc12.C[Si](C)(C)c1ccc2c(c1)[cH-]c1cc([Si](C)(C)C)ccc12.[Cl-].[Cl-].[Zr+2].[Zr+2].